The fraction of sp³-hybridized carbons (Fsp3) is 0.345. The molecule has 2 aliphatic heterocycles. The van der Waals surface area contributed by atoms with E-state index >= 15 is 0 Å². The SMILES string of the molecule is CC(C)c1ccc(N2c3ccc(-c4ccc(C(F)(F)F)cc4)cc3C(N3CCOCC3)C2C(=O)O)cc1. The summed E-state index contributed by atoms with van der Waals surface area (Å²) in [7, 11) is 0. The van der Waals surface area contributed by atoms with Gasteiger partial charge in [0.1, 0.15) is 0 Å². The number of benzene rings is 3. The standard InChI is InChI=1S/C29H29F3N2O3/c1-18(2)19-5-10-23(11-6-19)34-25-12-7-21(20-3-8-22(9-4-20)29(30,31)32)17-24(25)26(27(34)28(35)36)33-13-15-37-16-14-33/h3-12,17-18,26-27H,13-16H2,1-2H3,(H,35,36). The van der Waals surface area contributed by atoms with Crippen LogP contribution in [0.1, 0.15) is 42.5 Å². The minimum Gasteiger partial charge on any atom is -0.480 e. The number of alkyl halides is 3. The Morgan fingerprint density at radius 1 is 0.946 bits per heavy atom. The molecule has 0 aromatic heterocycles. The first-order chi connectivity index (χ1) is 17.6. The van der Waals surface area contributed by atoms with Crippen molar-refractivity contribution in [2.24, 2.45) is 0 Å². The van der Waals surface area contributed by atoms with E-state index in [1.54, 1.807) is 0 Å². The molecule has 2 unspecified atom stereocenters. The van der Waals surface area contributed by atoms with Crippen LogP contribution < -0.4 is 4.90 Å². The van der Waals surface area contributed by atoms with Crippen LogP contribution >= 0.6 is 0 Å². The molecule has 2 atom stereocenters. The number of ether oxygens (including phenoxy) is 1. The fourth-order valence-electron chi connectivity index (χ4n) is 5.32. The minimum absolute atomic E-state index is 0.350. The molecule has 0 amide bonds. The van der Waals surface area contributed by atoms with Gasteiger partial charge in [0, 0.05) is 24.5 Å². The number of carboxylic acid groups (broad SMARTS) is 1. The molecule has 0 radical (unpaired) electrons. The smallest absolute Gasteiger partial charge is 0.416 e. The Labute approximate surface area is 214 Å². The van der Waals surface area contributed by atoms with Gasteiger partial charge in [0.05, 0.1) is 24.8 Å². The van der Waals surface area contributed by atoms with Gasteiger partial charge >= 0.3 is 12.1 Å². The largest absolute Gasteiger partial charge is 0.480 e. The van der Waals surface area contributed by atoms with Gasteiger partial charge in [-0.3, -0.25) is 4.90 Å². The second-order valence-corrected chi connectivity index (χ2v) is 9.84. The minimum atomic E-state index is -4.40. The second kappa shape index (κ2) is 9.84. The first kappa shape index (κ1) is 25.3. The lowest BCUT2D eigenvalue weighted by atomic mass is 9.96. The predicted molar refractivity (Wildman–Crippen MR) is 136 cm³/mol. The summed E-state index contributed by atoms with van der Waals surface area (Å²) in [4.78, 5) is 16.8. The van der Waals surface area contributed by atoms with Crippen LogP contribution in [-0.2, 0) is 15.7 Å². The average molecular weight is 511 g/mol. The quantitative estimate of drug-likeness (QED) is 0.426. The lowest BCUT2D eigenvalue weighted by Crippen LogP contribution is -2.48. The summed E-state index contributed by atoms with van der Waals surface area (Å²) in [6.45, 7) is 6.44. The summed E-state index contributed by atoms with van der Waals surface area (Å²) >= 11 is 0. The number of aliphatic carboxylic acids is 1. The van der Waals surface area contributed by atoms with Crippen molar-refractivity contribution in [3.63, 3.8) is 0 Å². The van der Waals surface area contributed by atoms with Crippen LogP contribution in [0.4, 0.5) is 24.5 Å². The summed E-state index contributed by atoms with van der Waals surface area (Å²) in [5.41, 5.74) is 4.27. The number of halogens is 3. The molecule has 3 aromatic carbocycles. The van der Waals surface area contributed by atoms with Gasteiger partial charge in [-0.1, -0.05) is 44.2 Å². The van der Waals surface area contributed by atoms with Gasteiger partial charge in [-0.25, -0.2) is 4.79 Å². The Hall–Kier alpha value is -3.36. The fourth-order valence-corrected chi connectivity index (χ4v) is 5.32. The van der Waals surface area contributed by atoms with Crippen molar-refractivity contribution < 1.29 is 27.8 Å². The van der Waals surface area contributed by atoms with Gasteiger partial charge in [-0.2, -0.15) is 13.2 Å². The van der Waals surface area contributed by atoms with Crippen LogP contribution in [0.25, 0.3) is 11.1 Å². The first-order valence-electron chi connectivity index (χ1n) is 12.4. The number of fused-ring (bicyclic) bond motifs is 1. The molecule has 5 rings (SSSR count). The molecule has 0 aliphatic carbocycles. The zero-order chi connectivity index (χ0) is 26.3. The Kier molecular flexibility index (Phi) is 6.72. The van der Waals surface area contributed by atoms with Gasteiger partial charge in [0.15, 0.2) is 6.04 Å². The van der Waals surface area contributed by atoms with E-state index < -0.39 is 29.8 Å². The Morgan fingerprint density at radius 3 is 2.14 bits per heavy atom. The topological polar surface area (TPSA) is 53.0 Å². The van der Waals surface area contributed by atoms with Gasteiger partial charge in [-0.05, 0) is 64.6 Å². The van der Waals surface area contributed by atoms with Crippen molar-refractivity contribution >= 4 is 17.3 Å². The van der Waals surface area contributed by atoms with Gasteiger partial charge < -0.3 is 14.7 Å². The third-order valence-electron chi connectivity index (χ3n) is 7.26. The highest BCUT2D eigenvalue weighted by Gasteiger charge is 2.47. The second-order valence-electron chi connectivity index (χ2n) is 9.84. The third kappa shape index (κ3) is 4.83. The van der Waals surface area contributed by atoms with E-state index in [-0.39, 0.29) is 0 Å². The van der Waals surface area contributed by atoms with E-state index in [4.69, 9.17) is 4.74 Å². The van der Waals surface area contributed by atoms with E-state index in [9.17, 15) is 23.1 Å². The third-order valence-corrected chi connectivity index (χ3v) is 7.26. The van der Waals surface area contributed by atoms with E-state index in [1.807, 2.05) is 47.4 Å². The van der Waals surface area contributed by atoms with Crippen LogP contribution in [0, 0.1) is 0 Å². The number of hydrogen-bond acceptors (Lipinski definition) is 4. The van der Waals surface area contributed by atoms with Crippen molar-refractivity contribution in [3.8, 4) is 11.1 Å². The number of rotatable bonds is 5. The van der Waals surface area contributed by atoms with Gasteiger partial charge in [0.2, 0.25) is 0 Å². The number of carboxylic acids is 1. The molecule has 0 bridgehead atoms. The van der Waals surface area contributed by atoms with Crippen molar-refractivity contribution in [2.75, 3.05) is 31.2 Å². The lowest BCUT2D eigenvalue weighted by molar-refractivity contribution is -0.140. The Balaban J connectivity index is 1.61. The molecular formula is C29H29F3N2O3. The lowest BCUT2D eigenvalue weighted by Gasteiger charge is -2.36. The number of carbonyl (C=O) groups is 1. The summed E-state index contributed by atoms with van der Waals surface area (Å²) < 4.78 is 44.7. The van der Waals surface area contributed by atoms with Crippen molar-refractivity contribution in [2.45, 2.75) is 38.0 Å². The molecule has 8 heteroatoms. The Bertz CT molecular complexity index is 1270. The van der Waals surface area contributed by atoms with Gasteiger partial charge in [-0.15, -0.1) is 0 Å². The van der Waals surface area contributed by atoms with Crippen LogP contribution in [0.15, 0.2) is 66.7 Å². The van der Waals surface area contributed by atoms with E-state index in [1.165, 1.54) is 12.1 Å². The molecule has 3 aromatic rings. The molecule has 5 nitrogen and oxygen atoms in total. The molecular weight excluding hydrogens is 481 g/mol. The molecule has 0 spiro atoms. The van der Waals surface area contributed by atoms with Crippen LogP contribution in [0.2, 0.25) is 0 Å². The molecule has 2 aliphatic rings. The zero-order valence-electron chi connectivity index (χ0n) is 20.7. The molecule has 0 saturated carbocycles. The highest BCUT2D eigenvalue weighted by atomic mass is 19.4. The molecule has 1 N–H and O–H groups in total. The number of anilines is 2. The highest BCUT2D eigenvalue weighted by molar-refractivity contribution is 5.89. The van der Waals surface area contributed by atoms with Crippen LogP contribution in [0.3, 0.4) is 0 Å². The number of hydrogen-bond donors (Lipinski definition) is 1. The normalized spacial score (nSPS) is 20.3. The predicted octanol–water partition coefficient (Wildman–Crippen LogP) is 6.47. The molecule has 37 heavy (non-hydrogen) atoms. The summed E-state index contributed by atoms with van der Waals surface area (Å²) in [5.74, 6) is -0.584. The summed E-state index contributed by atoms with van der Waals surface area (Å²) in [6.07, 6.45) is -4.40. The molecule has 2 heterocycles. The first-order valence-corrected chi connectivity index (χ1v) is 12.4. The zero-order valence-corrected chi connectivity index (χ0v) is 20.7. The summed E-state index contributed by atoms with van der Waals surface area (Å²) in [6, 6.07) is 17.4. The van der Waals surface area contributed by atoms with Crippen LogP contribution in [0.5, 0.6) is 0 Å². The molecule has 194 valence electrons. The maximum Gasteiger partial charge on any atom is 0.416 e. The van der Waals surface area contributed by atoms with E-state index in [0.29, 0.717) is 37.8 Å². The van der Waals surface area contributed by atoms with Crippen molar-refractivity contribution in [3.05, 3.63) is 83.4 Å². The van der Waals surface area contributed by atoms with E-state index in [0.717, 1.165) is 40.2 Å². The van der Waals surface area contributed by atoms with Crippen molar-refractivity contribution in [1.82, 2.24) is 4.90 Å². The Morgan fingerprint density at radius 2 is 1.57 bits per heavy atom. The highest BCUT2D eigenvalue weighted by Crippen LogP contribution is 2.48. The molecule has 1 fully saturated rings. The van der Waals surface area contributed by atoms with Crippen LogP contribution in [-0.4, -0.2) is 48.3 Å². The van der Waals surface area contributed by atoms with E-state index in [2.05, 4.69) is 18.7 Å². The summed E-state index contributed by atoms with van der Waals surface area (Å²) in [5, 5.41) is 10.4. The maximum atomic E-state index is 13.1. The average Bonchev–Trinajstić information content (AvgIpc) is 3.23. The maximum absolute atomic E-state index is 13.1. The molecule has 1 saturated heterocycles. The number of morpholine rings is 1. The monoisotopic (exact) mass is 510 g/mol. The van der Waals surface area contributed by atoms with Gasteiger partial charge in [0.25, 0.3) is 0 Å². The number of nitrogens with zero attached hydrogens (tertiary/aromatic N) is 2. The van der Waals surface area contributed by atoms with Crippen molar-refractivity contribution in [1.29, 1.82) is 0 Å².